The third-order valence-corrected chi connectivity index (χ3v) is 7.22. The molecule has 0 radical (unpaired) electrons. The van der Waals surface area contributed by atoms with Gasteiger partial charge in [-0.25, -0.2) is 13.2 Å². The van der Waals surface area contributed by atoms with E-state index in [1.807, 2.05) is 0 Å². The summed E-state index contributed by atoms with van der Waals surface area (Å²) in [4.78, 5) is 26.0. The zero-order chi connectivity index (χ0) is 20.9. The monoisotopic (exact) mass is 438 g/mol. The van der Waals surface area contributed by atoms with Crippen molar-refractivity contribution in [3.8, 4) is 0 Å². The van der Waals surface area contributed by atoms with Crippen LogP contribution in [0.2, 0.25) is 0 Å². The SMILES string of the molecule is CC1(C)S[C@@H]2[C@H](NS(=O)(=O)C(F)(F)F)C(=O)N2[C@H]1C(=O)OCc1ccccc1. The normalized spacial score (nSPS) is 26.5. The van der Waals surface area contributed by atoms with Gasteiger partial charge in [-0.2, -0.15) is 17.9 Å². The fraction of sp³-hybridized carbons (Fsp3) is 0.500. The highest BCUT2D eigenvalue weighted by Crippen LogP contribution is 2.51. The number of amides is 1. The smallest absolute Gasteiger partial charge is 0.459 e. The second kappa shape index (κ2) is 6.92. The van der Waals surface area contributed by atoms with Crippen molar-refractivity contribution in [1.82, 2.24) is 9.62 Å². The molecule has 1 N–H and O–H groups in total. The molecule has 28 heavy (non-hydrogen) atoms. The summed E-state index contributed by atoms with van der Waals surface area (Å²) in [5.41, 5.74) is -4.79. The van der Waals surface area contributed by atoms with Gasteiger partial charge in [0.15, 0.2) is 0 Å². The fourth-order valence-corrected chi connectivity index (χ4v) is 5.55. The minimum absolute atomic E-state index is 0.0201. The molecule has 0 bridgehead atoms. The van der Waals surface area contributed by atoms with Crippen molar-refractivity contribution in [2.45, 2.75) is 48.2 Å². The van der Waals surface area contributed by atoms with Gasteiger partial charge in [-0.1, -0.05) is 30.3 Å². The topological polar surface area (TPSA) is 92.8 Å². The maximum Gasteiger partial charge on any atom is 0.511 e. The second-order valence-corrected chi connectivity index (χ2v) is 10.4. The molecule has 1 aromatic carbocycles. The van der Waals surface area contributed by atoms with E-state index < -0.39 is 49.6 Å². The maximum absolute atomic E-state index is 12.6. The fourth-order valence-electron chi connectivity index (χ4n) is 3.14. The van der Waals surface area contributed by atoms with E-state index in [1.54, 1.807) is 44.2 Å². The number of halogens is 3. The van der Waals surface area contributed by atoms with Crippen molar-refractivity contribution in [2.24, 2.45) is 0 Å². The van der Waals surface area contributed by atoms with Gasteiger partial charge < -0.3 is 9.64 Å². The van der Waals surface area contributed by atoms with E-state index in [0.29, 0.717) is 0 Å². The number of alkyl halides is 3. The van der Waals surface area contributed by atoms with E-state index in [0.717, 1.165) is 22.2 Å². The first-order chi connectivity index (χ1) is 12.8. The van der Waals surface area contributed by atoms with Gasteiger partial charge in [-0.15, -0.1) is 11.8 Å². The van der Waals surface area contributed by atoms with E-state index in [9.17, 15) is 31.2 Å². The van der Waals surface area contributed by atoms with Crippen molar-refractivity contribution in [2.75, 3.05) is 0 Å². The number of nitrogens with zero attached hydrogens (tertiary/aromatic N) is 1. The van der Waals surface area contributed by atoms with Gasteiger partial charge in [0.1, 0.15) is 24.1 Å². The average molecular weight is 438 g/mol. The Bertz CT molecular complexity index is 889. The van der Waals surface area contributed by atoms with E-state index in [1.165, 1.54) is 4.72 Å². The molecule has 0 unspecified atom stereocenters. The number of hydrogen-bond acceptors (Lipinski definition) is 6. The van der Waals surface area contributed by atoms with Gasteiger partial charge in [0.05, 0.1) is 0 Å². The van der Waals surface area contributed by atoms with Crippen LogP contribution in [0.4, 0.5) is 13.2 Å². The van der Waals surface area contributed by atoms with Crippen molar-refractivity contribution in [3.63, 3.8) is 0 Å². The third-order valence-electron chi connectivity index (χ3n) is 4.48. The molecular formula is C16H17F3N2O5S2. The molecule has 1 amide bonds. The van der Waals surface area contributed by atoms with E-state index >= 15 is 0 Å². The minimum Gasteiger partial charge on any atom is -0.459 e. The number of sulfonamides is 1. The van der Waals surface area contributed by atoms with Crippen LogP contribution in [0.15, 0.2) is 30.3 Å². The van der Waals surface area contributed by atoms with Gasteiger partial charge in [-0.3, -0.25) is 4.79 Å². The zero-order valence-corrected chi connectivity index (χ0v) is 16.4. The summed E-state index contributed by atoms with van der Waals surface area (Å²) in [6, 6.07) is 6.22. The number of hydrogen-bond donors (Lipinski definition) is 1. The molecule has 2 saturated heterocycles. The van der Waals surface area contributed by atoms with Crippen LogP contribution >= 0.6 is 11.8 Å². The Morgan fingerprint density at radius 2 is 1.89 bits per heavy atom. The molecule has 0 aromatic heterocycles. The van der Waals surface area contributed by atoms with Crippen molar-refractivity contribution < 1.29 is 35.9 Å². The molecule has 154 valence electrons. The largest absolute Gasteiger partial charge is 0.511 e. The molecule has 2 aliphatic rings. The molecule has 3 rings (SSSR count). The number of benzene rings is 1. The van der Waals surface area contributed by atoms with Gasteiger partial charge in [0.2, 0.25) is 5.91 Å². The van der Waals surface area contributed by atoms with Gasteiger partial charge in [-0.05, 0) is 19.4 Å². The standard InChI is InChI=1S/C16H17F3N2O5S2/c1-15(2)11(14(23)26-8-9-6-4-3-5-7-9)21-12(22)10(13(21)27-15)20-28(24,25)16(17,18)19/h3-7,10-11,13,20H,8H2,1-2H3/t10-,11+,13-/m1/s1. The maximum atomic E-state index is 12.6. The molecule has 1 aromatic rings. The predicted molar refractivity (Wildman–Crippen MR) is 94.2 cm³/mol. The number of ether oxygens (including phenoxy) is 1. The minimum atomic E-state index is -5.68. The van der Waals surface area contributed by atoms with Crippen molar-refractivity contribution in [1.29, 1.82) is 0 Å². The summed E-state index contributed by atoms with van der Waals surface area (Å²) < 4.78 is 66.2. The Kier molecular flexibility index (Phi) is 5.17. The highest BCUT2D eigenvalue weighted by atomic mass is 32.2. The first-order valence-electron chi connectivity index (χ1n) is 8.14. The van der Waals surface area contributed by atoms with Gasteiger partial charge in [0.25, 0.3) is 0 Å². The average Bonchev–Trinajstić information content (AvgIpc) is 2.86. The number of carbonyl (C=O) groups excluding carboxylic acids is 2. The van der Waals surface area contributed by atoms with Gasteiger partial charge >= 0.3 is 21.5 Å². The van der Waals surface area contributed by atoms with Crippen molar-refractivity contribution >= 4 is 33.7 Å². The summed E-state index contributed by atoms with van der Waals surface area (Å²) in [5.74, 6) is -1.59. The molecule has 0 saturated carbocycles. The molecular weight excluding hydrogens is 421 g/mol. The molecule has 12 heteroatoms. The summed E-state index contributed by atoms with van der Waals surface area (Å²) in [5, 5.41) is -0.922. The summed E-state index contributed by atoms with van der Waals surface area (Å²) in [7, 11) is -5.68. The lowest BCUT2D eigenvalue weighted by molar-refractivity contribution is -0.164. The number of thioether (sulfide) groups is 1. The molecule has 2 fully saturated rings. The highest BCUT2D eigenvalue weighted by molar-refractivity contribution is 8.01. The van der Waals surface area contributed by atoms with Crippen LogP contribution in [0.5, 0.6) is 0 Å². The Morgan fingerprint density at radius 3 is 2.46 bits per heavy atom. The first-order valence-corrected chi connectivity index (χ1v) is 10.5. The van der Waals surface area contributed by atoms with E-state index in [-0.39, 0.29) is 6.61 Å². The second-order valence-electron chi connectivity index (χ2n) is 6.90. The molecule has 3 atom stereocenters. The van der Waals surface area contributed by atoms with Crippen molar-refractivity contribution in [3.05, 3.63) is 35.9 Å². The van der Waals surface area contributed by atoms with Gasteiger partial charge in [0, 0.05) is 4.75 Å². The van der Waals surface area contributed by atoms with Crippen LogP contribution in [0.25, 0.3) is 0 Å². The molecule has 0 spiro atoms. The lowest BCUT2D eigenvalue weighted by Crippen LogP contribution is -2.71. The zero-order valence-electron chi connectivity index (χ0n) is 14.8. The number of fused-ring (bicyclic) bond motifs is 1. The van der Waals surface area contributed by atoms with Crippen LogP contribution in [0.1, 0.15) is 19.4 Å². The van der Waals surface area contributed by atoms with Crippen LogP contribution in [-0.2, 0) is 31.0 Å². The quantitative estimate of drug-likeness (QED) is 0.555. The summed E-state index contributed by atoms with van der Waals surface area (Å²) >= 11 is 1.05. The van der Waals surface area contributed by atoms with Crippen LogP contribution in [-0.4, -0.2) is 52.9 Å². The van der Waals surface area contributed by atoms with Crippen LogP contribution in [0, 0.1) is 0 Å². The Balaban J connectivity index is 1.72. The number of carbonyl (C=O) groups is 2. The first kappa shape index (κ1) is 20.9. The summed E-state index contributed by atoms with van der Waals surface area (Å²) in [6.07, 6.45) is 0. The Hall–Kier alpha value is -1.79. The lowest BCUT2D eigenvalue weighted by Gasteiger charge is -2.43. The Labute approximate surface area is 163 Å². The van der Waals surface area contributed by atoms with E-state index in [4.69, 9.17) is 4.74 Å². The number of nitrogens with one attached hydrogen (secondary N) is 1. The van der Waals surface area contributed by atoms with Crippen LogP contribution in [0.3, 0.4) is 0 Å². The summed E-state index contributed by atoms with van der Waals surface area (Å²) in [6.45, 7) is 3.27. The number of β-lactam (4-membered cyclic amide) rings is 1. The predicted octanol–water partition coefficient (Wildman–Crippen LogP) is 1.60. The molecule has 7 nitrogen and oxygen atoms in total. The Morgan fingerprint density at radius 1 is 1.29 bits per heavy atom. The molecule has 2 aliphatic heterocycles. The molecule has 0 aliphatic carbocycles. The third kappa shape index (κ3) is 3.60. The highest BCUT2D eigenvalue weighted by Gasteiger charge is 2.66. The van der Waals surface area contributed by atoms with E-state index in [2.05, 4.69) is 0 Å². The lowest BCUT2D eigenvalue weighted by atomic mass is 9.96. The number of rotatable bonds is 5. The van der Waals surface area contributed by atoms with Crippen LogP contribution < -0.4 is 4.72 Å². The number of esters is 1. The molecule has 2 heterocycles.